The van der Waals surface area contributed by atoms with Crippen molar-refractivity contribution in [3.63, 3.8) is 0 Å². The lowest BCUT2D eigenvalue weighted by molar-refractivity contribution is -0.384. The molecule has 0 atom stereocenters. The van der Waals surface area contributed by atoms with Crippen molar-refractivity contribution in [3.05, 3.63) is 58.4 Å². The van der Waals surface area contributed by atoms with Crippen LogP contribution in [-0.2, 0) is 0 Å². The number of phenolic OH excluding ortho intramolecular Hbond substituents is 1. The molecule has 0 radical (unpaired) electrons. The molecule has 1 aliphatic heterocycles. The third-order valence-electron chi connectivity index (χ3n) is 3.97. The normalized spacial score (nSPS) is 14.2. The topological polar surface area (TPSA) is 69.9 Å². The van der Waals surface area contributed by atoms with Gasteiger partial charge in [0.25, 0.3) is 5.69 Å². The molecule has 2 aromatic carbocycles. The molecule has 1 fully saturated rings. The highest BCUT2D eigenvalue weighted by Gasteiger charge is 2.24. The number of anilines is 2. The summed E-state index contributed by atoms with van der Waals surface area (Å²) < 4.78 is 13.2. The van der Waals surface area contributed by atoms with E-state index < -0.39 is 10.7 Å². The Morgan fingerprint density at radius 3 is 2.17 bits per heavy atom. The quantitative estimate of drug-likeness (QED) is 0.678. The lowest BCUT2D eigenvalue weighted by atomic mass is 10.2. The zero-order chi connectivity index (χ0) is 16.4. The molecule has 8 heteroatoms. The number of aromatic hydroxyl groups is 1. The van der Waals surface area contributed by atoms with Gasteiger partial charge in [-0.3, -0.25) is 10.1 Å². The van der Waals surface area contributed by atoms with Gasteiger partial charge in [-0.05, 0) is 36.4 Å². The molecule has 0 aromatic heterocycles. The number of nitro benzene ring substituents is 1. The third-order valence-corrected chi connectivity index (χ3v) is 3.97. The van der Waals surface area contributed by atoms with Crippen molar-refractivity contribution >= 4 is 29.5 Å². The van der Waals surface area contributed by atoms with E-state index in [1.54, 1.807) is 12.1 Å². The van der Waals surface area contributed by atoms with Gasteiger partial charge in [-0.2, -0.15) is 0 Å². The lowest BCUT2D eigenvalue weighted by Gasteiger charge is -2.37. The lowest BCUT2D eigenvalue weighted by Crippen LogP contribution is -2.46. The summed E-state index contributed by atoms with van der Waals surface area (Å²) in [5.41, 5.74) is 1.24. The molecule has 0 unspecified atom stereocenters. The minimum atomic E-state index is -0.608. The van der Waals surface area contributed by atoms with Gasteiger partial charge in [-0.25, -0.2) is 4.39 Å². The number of halogens is 2. The van der Waals surface area contributed by atoms with Crippen LogP contribution in [0.15, 0.2) is 42.5 Å². The first-order valence-corrected chi connectivity index (χ1v) is 7.27. The predicted molar refractivity (Wildman–Crippen MR) is 92.8 cm³/mol. The van der Waals surface area contributed by atoms with Crippen LogP contribution in [0.1, 0.15) is 0 Å². The number of piperazine rings is 1. The van der Waals surface area contributed by atoms with Crippen LogP contribution in [0.2, 0.25) is 0 Å². The van der Waals surface area contributed by atoms with E-state index in [2.05, 4.69) is 4.90 Å². The fourth-order valence-corrected chi connectivity index (χ4v) is 2.78. The molecule has 0 bridgehead atoms. The van der Waals surface area contributed by atoms with Crippen LogP contribution in [0.4, 0.5) is 21.5 Å². The maximum Gasteiger partial charge on any atom is 0.295 e. The van der Waals surface area contributed by atoms with E-state index in [9.17, 15) is 19.6 Å². The van der Waals surface area contributed by atoms with Gasteiger partial charge in [0.05, 0.1) is 11.0 Å². The van der Waals surface area contributed by atoms with Crippen LogP contribution in [0.5, 0.6) is 5.75 Å². The van der Waals surface area contributed by atoms with Crippen molar-refractivity contribution in [2.24, 2.45) is 0 Å². The van der Waals surface area contributed by atoms with Gasteiger partial charge in [-0.15, -0.1) is 12.4 Å². The molecule has 0 amide bonds. The van der Waals surface area contributed by atoms with Gasteiger partial charge < -0.3 is 14.9 Å². The van der Waals surface area contributed by atoms with E-state index in [0.717, 1.165) is 11.8 Å². The molecule has 1 aliphatic rings. The van der Waals surface area contributed by atoms with Gasteiger partial charge >= 0.3 is 0 Å². The summed E-state index contributed by atoms with van der Waals surface area (Å²) in [7, 11) is 0. The molecule has 2 aromatic rings. The average Bonchev–Trinajstić information content (AvgIpc) is 2.56. The molecule has 128 valence electrons. The van der Waals surface area contributed by atoms with Crippen molar-refractivity contribution in [2.75, 3.05) is 36.0 Å². The monoisotopic (exact) mass is 353 g/mol. The number of phenols is 1. The first kappa shape index (κ1) is 17.8. The van der Waals surface area contributed by atoms with E-state index in [1.807, 2.05) is 17.0 Å². The van der Waals surface area contributed by atoms with E-state index in [0.29, 0.717) is 31.9 Å². The minimum Gasteiger partial charge on any atom is -0.508 e. The Bertz CT molecular complexity index is 719. The van der Waals surface area contributed by atoms with Gasteiger partial charge in [0.15, 0.2) is 0 Å². The zero-order valence-electron chi connectivity index (χ0n) is 12.8. The minimum absolute atomic E-state index is 0. The smallest absolute Gasteiger partial charge is 0.295 e. The Labute approximate surface area is 144 Å². The van der Waals surface area contributed by atoms with Gasteiger partial charge in [-0.1, -0.05) is 0 Å². The number of nitrogens with zero attached hydrogens (tertiary/aromatic N) is 3. The second kappa shape index (κ2) is 7.35. The van der Waals surface area contributed by atoms with Gasteiger partial charge in [0, 0.05) is 31.9 Å². The molecular weight excluding hydrogens is 337 g/mol. The van der Waals surface area contributed by atoms with Gasteiger partial charge in [0.1, 0.15) is 17.3 Å². The van der Waals surface area contributed by atoms with Crippen molar-refractivity contribution in [2.45, 2.75) is 0 Å². The Morgan fingerprint density at radius 2 is 1.58 bits per heavy atom. The van der Waals surface area contributed by atoms with E-state index >= 15 is 0 Å². The highest BCUT2D eigenvalue weighted by molar-refractivity contribution is 5.85. The second-order valence-electron chi connectivity index (χ2n) is 5.38. The van der Waals surface area contributed by atoms with Crippen LogP contribution in [-0.4, -0.2) is 36.2 Å². The zero-order valence-corrected chi connectivity index (χ0v) is 13.6. The molecule has 1 saturated heterocycles. The summed E-state index contributed by atoms with van der Waals surface area (Å²) in [5, 5.41) is 20.4. The molecule has 6 nitrogen and oxygen atoms in total. The maximum absolute atomic E-state index is 13.2. The summed E-state index contributed by atoms with van der Waals surface area (Å²) in [5.74, 6) is -0.391. The Balaban J connectivity index is 0.00000208. The van der Waals surface area contributed by atoms with Crippen LogP contribution in [0, 0.1) is 15.9 Å². The van der Waals surface area contributed by atoms with Crippen molar-refractivity contribution in [1.29, 1.82) is 0 Å². The number of hydrogen-bond acceptors (Lipinski definition) is 5. The standard InChI is InChI=1S/C16H16FN3O3.ClH/c17-12-1-6-15(16(11-12)20(22)23)19-9-7-18(8-10-19)13-2-4-14(21)5-3-13;/h1-6,11,21H,7-10H2;1H. The first-order valence-electron chi connectivity index (χ1n) is 7.27. The fourth-order valence-electron chi connectivity index (χ4n) is 2.78. The second-order valence-corrected chi connectivity index (χ2v) is 5.38. The Kier molecular flexibility index (Phi) is 5.46. The summed E-state index contributed by atoms with van der Waals surface area (Å²) in [6, 6.07) is 10.6. The van der Waals surface area contributed by atoms with Crippen molar-refractivity contribution in [3.8, 4) is 5.75 Å². The van der Waals surface area contributed by atoms with Crippen molar-refractivity contribution in [1.82, 2.24) is 0 Å². The number of rotatable bonds is 3. The molecule has 1 heterocycles. The summed E-state index contributed by atoms with van der Waals surface area (Å²) in [6.45, 7) is 2.60. The largest absolute Gasteiger partial charge is 0.508 e. The summed E-state index contributed by atoms with van der Waals surface area (Å²) in [4.78, 5) is 14.6. The van der Waals surface area contributed by atoms with E-state index in [4.69, 9.17) is 0 Å². The van der Waals surface area contributed by atoms with Crippen molar-refractivity contribution < 1.29 is 14.4 Å². The maximum atomic E-state index is 13.2. The van der Waals surface area contributed by atoms with E-state index in [-0.39, 0.29) is 23.8 Å². The first-order chi connectivity index (χ1) is 11.0. The van der Waals surface area contributed by atoms with Gasteiger partial charge in [0.2, 0.25) is 0 Å². The SMILES string of the molecule is Cl.O=[N+]([O-])c1cc(F)ccc1N1CCN(c2ccc(O)cc2)CC1. The number of nitro groups is 1. The number of benzene rings is 2. The Hall–Kier alpha value is -2.54. The van der Waals surface area contributed by atoms with Crippen LogP contribution < -0.4 is 9.80 Å². The highest BCUT2D eigenvalue weighted by atomic mass is 35.5. The fraction of sp³-hybridized carbons (Fsp3) is 0.250. The molecule has 0 spiro atoms. The average molecular weight is 354 g/mol. The van der Waals surface area contributed by atoms with E-state index in [1.165, 1.54) is 12.1 Å². The molecule has 0 saturated carbocycles. The molecule has 24 heavy (non-hydrogen) atoms. The summed E-state index contributed by atoms with van der Waals surface area (Å²) >= 11 is 0. The van der Waals surface area contributed by atoms with Crippen LogP contribution in [0.3, 0.4) is 0 Å². The molecule has 1 N–H and O–H groups in total. The van der Waals surface area contributed by atoms with Crippen LogP contribution in [0.25, 0.3) is 0 Å². The molecular formula is C16H17ClFN3O3. The van der Waals surface area contributed by atoms with Crippen LogP contribution >= 0.6 is 12.4 Å². The molecule has 3 rings (SSSR count). The third kappa shape index (κ3) is 3.68. The molecule has 0 aliphatic carbocycles. The Morgan fingerprint density at radius 1 is 1.00 bits per heavy atom. The predicted octanol–water partition coefficient (Wildman–Crippen LogP) is 3.19. The number of hydrogen-bond donors (Lipinski definition) is 1. The summed E-state index contributed by atoms with van der Waals surface area (Å²) in [6.07, 6.45) is 0. The highest BCUT2D eigenvalue weighted by Crippen LogP contribution is 2.30.